The average molecular weight is 549 g/mol. The summed E-state index contributed by atoms with van der Waals surface area (Å²) in [6, 6.07) is 0. The summed E-state index contributed by atoms with van der Waals surface area (Å²) in [7, 11) is -0.0849. The fourth-order valence-corrected chi connectivity index (χ4v) is 10.3. The van der Waals surface area contributed by atoms with Gasteiger partial charge in [-0.3, -0.25) is 0 Å². The van der Waals surface area contributed by atoms with Crippen LogP contribution in [0, 0.1) is 34.5 Å². The van der Waals surface area contributed by atoms with Crippen LogP contribution in [0.3, 0.4) is 0 Å². The third-order valence-electron chi connectivity index (χ3n) is 9.86. The molecule has 0 unspecified atom stereocenters. The minimum Gasteiger partial charge on any atom is -0.414 e. The van der Waals surface area contributed by atoms with Crippen LogP contribution in [0.5, 0.6) is 0 Å². The normalized spacial score (nSPS) is 39.5. The number of hydrogen-bond acceptors (Lipinski definition) is 6. The summed E-state index contributed by atoms with van der Waals surface area (Å²) in [6.07, 6.45) is 10.7. The summed E-state index contributed by atoms with van der Waals surface area (Å²) in [5, 5.41) is 8.92. The molecule has 0 aliphatic heterocycles. The van der Waals surface area contributed by atoms with E-state index in [9.17, 15) is 0 Å². The molecule has 3 saturated carbocycles. The number of rotatable bonds is 8. The van der Waals surface area contributed by atoms with Crippen LogP contribution >= 0.6 is 0 Å². The Kier molecular flexibility index (Phi) is 8.27. The third-order valence-corrected chi connectivity index (χ3v) is 11.9. The molecule has 8 heteroatoms. The predicted molar refractivity (Wildman–Crippen MR) is 157 cm³/mol. The first-order valence-electron chi connectivity index (χ1n) is 14.4. The van der Waals surface area contributed by atoms with Crippen LogP contribution < -0.4 is 0 Å². The number of allylic oxidation sites excluding steroid dienone is 2. The van der Waals surface area contributed by atoms with Crippen LogP contribution in [-0.2, 0) is 18.5 Å². The van der Waals surface area contributed by atoms with E-state index in [2.05, 4.69) is 69.5 Å². The van der Waals surface area contributed by atoms with Crippen LogP contribution in [0.25, 0.3) is 0 Å². The maximum absolute atomic E-state index is 7.17. The van der Waals surface area contributed by atoms with E-state index in [0.717, 1.165) is 37.1 Å². The lowest BCUT2D eigenvalue weighted by atomic mass is 9.46. The number of oxime groups is 2. The molecule has 3 fully saturated rings. The summed E-state index contributed by atoms with van der Waals surface area (Å²) in [6.45, 7) is 19.5. The highest BCUT2D eigenvalue weighted by Gasteiger charge is 2.63. The molecule has 0 amide bonds. The number of nitrogens with zero attached hydrogens (tertiary/aromatic N) is 2. The minimum atomic E-state index is -1.76. The molecular formula is C29H52N2O4Si2. The molecule has 0 spiro atoms. The molecule has 7 atom stereocenters. The first-order chi connectivity index (χ1) is 17.2. The lowest BCUT2D eigenvalue weighted by molar-refractivity contribution is -0.114. The van der Waals surface area contributed by atoms with Gasteiger partial charge in [-0.1, -0.05) is 29.7 Å². The topological polar surface area (TPSA) is 61.6 Å². The third kappa shape index (κ3) is 5.82. The molecule has 4 aliphatic carbocycles. The van der Waals surface area contributed by atoms with E-state index in [4.69, 9.17) is 18.5 Å². The van der Waals surface area contributed by atoms with Gasteiger partial charge in [0.15, 0.2) is 16.6 Å². The maximum atomic E-state index is 7.17. The lowest BCUT2D eigenvalue weighted by Gasteiger charge is -2.61. The van der Waals surface area contributed by atoms with E-state index in [1.807, 2.05) is 0 Å². The van der Waals surface area contributed by atoms with Crippen molar-refractivity contribution >= 4 is 28.1 Å². The molecule has 0 aromatic carbocycles. The molecule has 37 heavy (non-hydrogen) atoms. The fraction of sp³-hybridized carbons (Fsp3) is 0.862. The summed E-state index contributed by atoms with van der Waals surface area (Å²) in [5.74, 6) is 2.31. The van der Waals surface area contributed by atoms with Crippen LogP contribution in [0.2, 0.25) is 39.3 Å². The van der Waals surface area contributed by atoms with Crippen molar-refractivity contribution in [2.45, 2.75) is 104 Å². The molecular weight excluding hydrogens is 497 g/mol. The largest absolute Gasteiger partial charge is 0.414 e. The zero-order chi connectivity index (χ0) is 27.2. The zero-order valence-electron chi connectivity index (χ0n) is 25.1. The Morgan fingerprint density at radius 1 is 0.973 bits per heavy atom. The van der Waals surface area contributed by atoms with Gasteiger partial charge in [0, 0.05) is 12.0 Å². The van der Waals surface area contributed by atoms with Crippen molar-refractivity contribution in [1.29, 1.82) is 0 Å². The van der Waals surface area contributed by atoms with E-state index in [1.54, 1.807) is 19.8 Å². The van der Waals surface area contributed by atoms with E-state index >= 15 is 0 Å². The van der Waals surface area contributed by atoms with Crippen LogP contribution in [0.4, 0.5) is 0 Å². The highest BCUT2D eigenvalue weighted by molar-refractivity contribution is 6.70. The van der Waals surface area contributed by atoms with Crippen molar-refractivity contribution in [2.75, 3.05) is 20.8 Å². The van der Waals surface area contributed by atoms with Gasteiger partial charge in [0.05, 0.1) is 18.0 Å². The second-order valence-corrected chi connectivity index (χ2v) is 23.4. The molecule has 0 saturated heterocycles. The Morgan fingerprint density at radius 2 is 1.70 bits per heavy atom. The van der Waals surface area contributed by atoms with Crippen LogP contribution in [0.15, 0.2) is 22.0 Å². The quantitative estimate of drug-likeness (QED) is 0.182. The van der Waals surface area contributed by atoms with Crippen molar-refractivity contribution in [3.8, 4) is 0 Å². The minimum absolute atomic E-state index is 0.153. The second kappa shape index (κ2) is 10.5. The van der Waals surface area contributed by atoms with E-state index in [0.29, 0.717) is 30.3 Å². The molecule has 6 nitrogen and oxygen atoms in total. The molecule has 0 aromatic heterocycles. The number of fused-ring (bicyclic) bond motifs is 5. The monoisotopic (exact) mass is 548 g/mol. The molecule has 4 aliphatic rings. The highest BCUT2D eigenvalue weighted by atomic mass is 28.4. The Morgan fingerprint density at radius 3 is 2.32 bits per heavy atom. The zero-order valence-corrected chi connectivity index (χ0v) is 27.1. The van der Waals surface area contributed by atoms with Gasteiger partial charge in [-0.05, 0) is 119 Å². The molecule has 0 radical (unpaired) electrons. The molecule has 0 heterocycles. The first kappa shape index (κ1) is 29.0. The summed E-state index contributed by atoms with van der Waals surface area (Å²) >= 11 is 0. The summed E-state index contributed by atoms with van der Waals surface area (Å²) in [4.78, 5) is 10.6. The number of hydrogen-bond donors (Lipinski definition) is 0. The second-order valence-electron chi connectivity index (χ2n) is 14.5. The van der Waals surface area contributed by atoms with Gasteiger partial charge < -0.3 is 18.5 Å². The van der Waals surface area contributed by atoms with Crippen molar-refractivity contribution in [3.63, 3.8) is 0 Å². The van der Waals surface area contributed by atoms with Gasteiger partial charge in [-0.2, -0.15) is 0 Å². The summed E-state index contributed by atoms with van der Waals surface area (Å²) in [5.41, 5.74) is 4.11. The van der Waals surface area contributed by atoms with Gasteiger partial charge in [0.1, 0.15) is 14.2 Å². The van der Waals surface area contributed by atoms with E-state index in [-0.39, 0.29) is 16.9 Å². The average Bonchev–Trinajstić information content (AvgIpc) is 3.11. The van der Waals surface area contributed by atoms with Gasteiger partial charge in [0.25, 0.3) is 0 Å². The molecule has 210 valence electrons. The Labute approximate surface area is 227 Å². The predicted octanol–water partition coefficient (Wildman–Crippen LogP) is 7.25. The highest BCUT2D eigenvalue weighted by Crippen LogP contribution is 2.67. The standard InChI is InChI=1S/C29H52N2O4Si2/c1-28-16-15-21(30-32-3)17-20(28)11-12-22-23-13-14-24(25(31-33-4)19-34-36(5,6)7)29(23,2)18-26(27(22)28)35-37(8,9)10/h17,22-24,26-27H,11-16,18-19H2,1-10H3/b30-21+,31-25+/t22-,23-,24+,26-,27+,28-,29-/m0/s1. The van der Waals surface area contributed by atoms with Gasteiger partial charge >= 0.3 is 0 Å². The Balaban J connectivity index is 1.71. The molecule has 0 aromatic rings. The lowest BCUT2D eigenvalue weighted by Crippen LogP contribution is -2.59. The van der Waals surface area contributed by atoms with E-state index in [1.165, 1.54) is 19.3 Å². The van der Waals surface area contributed by atoms with E-state index < -0.39 is 16.6 Å². The summed E-state index contributed by atoms with van der Waals surface area (Å²) < 4.78 is 13.6. The van der Waals surface area contributed by atoms with Gasteiger partial charge in [-0.15, -0.1) is 0 Å². The SMILES string of the molecule is CO/N=C(\CO[Si](C)(C)C)[C@H]1CC[C@H]2[C@@H]3CCC4=C/C(=N/OC)CC[C@]4(C)[C@H]3[C@@H](O[Si](C)(C)C)C[C@]12C. The smallest absolute Gasteiger partial charge is 0.184 e. The maximum Gasteiger partial charge on any atom is 0.184 e. The Hall–Kier alpha value is -0.966. The molecule has 4 rings (SSSR count). The Bertz CT molecular complexity index is 937. The fourth-order valence-electron chi connectivity index (χ4n) is 8.56. The van der Waals surface area contributed by atoms with Gasteiger partial charge in [0.2, 0.25) is 0 Å². The van der Waals surface area contributed by atoms with Crippen LogP contribution in [-0.4, -0.2) is 55.0 Å². The van der Waals surface area contributed by atoms with Crippen molar-refractivity contribution in [2.24, 2.45) is 44.8 Å². The van der Waals surface area contributed by atoms with Crippen LogP contribution in [0.1, 0.15) is 58.8 Å². The van der Waals surface area contributed by atoms with Crippen molar-refractivity contribution in [3.05, 3.63) is 11.6 Å². The molecule has 0 N–H and O–H groups in total. The van der Waals surface area contributed by atoms with Gasteiger partial charge in [-0.25, -0.2) is 0 Å². The first-order valence-corrected chi connectivity index (χ1v) is 21.3. The van der Waals surface area contributed by atoms with Crippen molar-refractivity contribution < 1.29 is 18.5 Å². The molecule has 0 bridgehead atoms. The van der Waals surface area contributed by atoms with Crippen molar-refractivity contribution in [1.82, 2.24) is 0 Å².